The van der Waals surface area contributed by atoms with Crippen LogP contribution in [0.1, 0.15) is 78.7 Å². The largest absolute Gasteiger partial charge is 0.330 e. The van der Waals surface area contributed by atoms with Crippen LogP contribution >= 0.6 is 0 Å². The van der Waals surface area contributed by atoms with E-state index in [0.29, 0.717) is 28.7 Å². The summed E-state index contributed by atoms with van der Waals surface area (Å²) in [6, 6.07) is 14.5. The third kappa shape index (κ3) is 4.88. The Balaban J connectivity index is 1.30. The molecule has 3 aromatic rings. The molecule has 0 saturated carbocycles. The summed E-state index contributed by atoms with van der Waals surface area (Å²) in [6.45, 7) is 18.9. The molecule has 2 saturated heterocycles. The summed E-state index contributed by atoms with van der Waals surface area (Å²) in [7, 11) is 0.509. The average Bonchev–Trinajstić information content (AvgIpc) is 3.60. The Bertz CT molecular complexity index is 1190. The SMILES string of the molecule is CC(C)[Si](c1ccc(CN2CCCC2C2CCCN2Cc2nc3ccccc3n2C)nc1)(C(C)C)C(C)C. The van der Waals surface area contributed by atoms with E-state index in [1.54, 1.807) is 5.19 Å². The number of likely N-dealkylation sites (tertiary alicyclic amines) is 2. The fraction of sp³-hybridized carbons (Fsp3) is 0.625. The van der Waals surface area contributed by atoms with Gasteiger partial charge < -0.3 is 4.57 Å². The van der Waals surface area contributed by atoms with Crippen molar-refractivity contribution in [1.82, 2.24) is 24.3 Å². The summed E-state index contributed by atoms with van der Waals surface area (Å²) >= 11 is 0. The van der Waals surface area contributed by atoms with Crippen molar-refractivity contribution in [2.24, 2.45) is 7.05 Å². The van der Waals surface area contributed by atoms with Crippen LogP contribution in [0.15, 0.2) is 42.6 Å². The summed E-state index contributed by atoms with van der Waals surface area (Å²) in [5, 5.41) is 1.55. The number of pyridine rings is 1. The van der Waals surface area contributed by atoms with Gasteiger partial charge >= 0.3 is 0 Å². The monoisotopic (exact) mass is 531 g/mol. The van der Waals surface area contributed by atoms with Gasteiger partial charge in [-0.3, -0.25) is 14.8 Å². The molecule has 4 heterocycles. The third-order valence-electron chi connectivity index (χ3n) is 10.1. The molecular weight excluding hydrogens is 482 g/mol. The first-order valence-electron chi connectivity index (χ1n) is 15.1. The summed E-state index contributed by atoms with van der Waals surface area (Å²) in [6.07, 6.45) is 7.44. The van der Waals surface area contributed by atoms with Gasteiger partial charge in [0.1, 0.15) is 5.82 Å². The Kier molecular flexibility index (Phi) is 8.14. The molecule has 2 fully saturated rings. The number of nitrogens with zero attached hydrogens (tertiary/aromatic N) is 5. The van der Waals surface area contributed by atoms with Crippen LogP contribution < -0.4 is 5.19 Å². The Labute approximate surface area is 231 Å². The lowest BCUT2D eigenvalue weighted by atomic mass is 10.0. The topological polar surface area (TPSA) is 37.2 Å². The highest BCUT2D eigenvalue weighted by Crippen LogP contribution is 2.41. The molecule has 2 aromatic heterocycles. The number of fused-ring (bicyclic) bond motifs is 1. The van der Waals surface area contributed by atoms with E-state index in [4.69, 9.17) is 9.97 Å². The van der Waals surface area contributed by atoms with Crippen LogP contribution in [0.3, 0.4) is 0 Å². The molecule has 2 aliphatic rings. The molecule has 0 aliphatic carbocycles. The van der Waals surface area contributed by atoms with E-state index in [-0.39, 0.29) is 0 Å². The van der Waals surface area contributed by atoms with E-state index >= 15 is 0 Å². The molecule has 0 amide bonds. The minimum Gasteiger partial charge on any atom is -0.330 e. The van der Waals surface area contributed by atoms with Gasteiger partial charge in [0.15, 0.2) is 0 Å². The van der Waals surface area contributed by atoms with Crippen LogP contribution in [0.25, 0.3) is 11.0 Å². The zero-order valence-electron chi connectivity index (χ0n) is 24.8. The molecule has 2 aliphatic heterocycles. The Morgan fingerprint density at radius 2 is 1.42 bits per heavy atom. The van der Waals surface area contributed by atoms with Gasteiger partial charge in [-0.25, -0.2) is 4.98 Å². The first-order chi connectivity index (χ1) is 18.2. The fourth-order valence-corrected chi connectivity index (χ4v) is 15.1. The van der Waals surface area contributed by atoms with Gasteiger partial charge in [-0.05, 0) is 78.8 Å². The average molecular weight is 532 g/mol. The van der Waals surface area contributed by atoms with Gasteiger partial charge in [-0.2, -0.15) is 0 Å². The van der Waals surface area contributed by atoms with Crippen LogP contribution in [0.2, 0.25) is 16.6 Å². The number of hydrogen-bond donors (Lipinski definition) is 0. The maximum Gasteiger partial charge on any atom is 0.123 e. The van der Waals surface area contributed by atoms with Gasteiger partial charge in [-0.15, -0.1) is 0 Å². The number of aryl methyl sites for hydroxylation is 1. The van der Waals surface area contributed by atoms with E-state index in [0.717, 1.165) is 18.6 Å². The summed E-state index contributed by atoms with van der Waals surface area (Å²) < 4.78 is 2.29. The van der Waals surface area contributed by atoms with E-state index in [9.17, 15) is 0 Å². The predicted octanol–water partition coefficient (Wildman–Crippen LogP) is 6.48. The van der Waals surface area contributed by atoms with Gasteiger partial charge in [0, 0.05) is 31.9 Å². The molecule has 0 bridgehead atoms. The second-order valence-electron chi connectivity index (χ2n) is 12.9. The molecule has 206 valence electrons. The van der Waals surface area contributed by atoms with Crippen molar-refractivity contribution in [3.63, 3.8) is 0 Å². The highest BCUT2D eigenvalue weighted by atomic mass is 28.3. The molecular formula is C32H49N5Si. The molecule has 5 rings (SSSR count). The van der Waals surface area contributed by atoms with Crippen LogP contribution in [-0.2, 0) is 20.1 Å². The lowest BCUT2D eigenvalue weighted by Gasteiger charge is -2.43. The van der Waals surface area contributed by atoms with Crippen molar-refractivity contribution in [2.75, 3.05) is 13.1 Å². The number of para-hydroxylation sites is 2. The number of imidazole rings is 1. The third-order valence-corrected chi connectivity index (χ3v) is 17.1. The van der Waals surface area contributed by atoms with Crippen molar-refractivity contribution in [3.8, 4) is 0 Å². The molecule has 0 N–H and O–H groups in total. The number of aromatic nitrogens is 3. The Hall–Kier alpha value is -2.02. The summed E-state index contributed by atoms with van der Waals surface area (Å²) in [5.74, 6) is 1.19. The predicted molar refractivity (Wildman–Crippen MR) is 162 cm³/mol. The van der Waals surface area contributed by atoms with Gasteiger partial charge in [0.25, 0.3) is 0 Å². The summed E-state index contributed by atoms with van der Waals surface area (Å²) in [5.41, 5.74) is 5.71. The van der Waals surface area contributed by atoms with Crippen LogP contribution in [0.5, 0.6) is 0 Å². The van der Waals surface area contributed by atoms with Crippen LogP contribution in [0, 0.1) is 0 Å². The molecule has 2 atom stereocenters. The second kappa shape index (κ2) is 11.2. The van der Waals surface area contributed by atoms with Gasteiger partial charge in [-0.1, -0.05) is 59.7 Å². The maximum absolute atomic E-state index is 5.11. The lowest BCUT2D eigenvalue weighted by Crippen LogP contribution is -2.55. The quantitative estimate of drug-likeness (QED) is 0.296. The normalized spacial score (nSPS) is 21.6. The van der Waals surface area contributed by atoms with E-state index < -0.39 is 8.07 Å². The second-order valence-corrected chi connectivity index (χ2v) is 18.8. The Morgan fingerprint density at radius 3 is 1.97 bits per heavy atom. The number of hydrogen-bond acceptors (Lipinski definition) is 4. The molecule has 5 nitrogen and oxygen atoms in total. The zero-order valence-corrected chi connectivity index (χ0v) is 25.8. The van der Waals surface area contributed by atoms with Crippen LogP contribution in [-0.4, -0.2) is 57.6 Å². The van der Waals surface area contributed by atoms with Crippen molar-refractivity contribution in [2.45, 2.75) is 109 Å². The van der Waals surface area contributed by atoms with Gasteiger partial charge in [0.05, 0.1) is 31.3 Å². The van der Waals surface area contributed by atoms with Crippen molar-refractivity contribution >= 4 is 24.3 Å². The smallest absolute Gasteiger partial charge is 0.123 e. The zero-order chi connectivity index (χ0) is 27.0. The van der Waals surface area contributed by atoms with Gasteiger partial charge in [0.2, 0.25) is 0 Å². The number of benzene rings is 1. The van der Waals surface area contributed by atoms with E-state index in [1.807, 2.05) is 0 Å². The van der Waals surface area contributed by atoms with Crippen LogP contribution in [0.4, 0.5) is 0 Å². The molecule has 6 heteroatoms. The van der Waals surface area contributed by atoms with E-state index in [2.05, 4.69) is 106 Å². The first-order valence-corrected chi connectivity index (χ1v) is 17.3. The lowest BCUT2D eigenvalue weighted by molar-refractivity contribution is 0.121. The molecule has 2 unspecified atom stereocenters. The fourth-order valence-electron chi connectivity index (χ4n) is 8.47. The van der Waals surface area contributed by atoms with Crippen molar-refractivity contribution in [1.29, 1.82) is 0 Å². The highest BCUT2D eigenvalue weighted by Gasteiger charge is 2.44. The Morgan fingerprint density at radius 1 is 0.816 bits per heavy atom. The van der Waals surface area contributed by atoms with Crippen molar-refractivity contribution < 1.29 is 0 Å². The first kappa shape index (κ1) is 27.5. The molecule has 1 aromatic carbocycles. The molecule has 38 heavy (non-hydrogen) atoms. The minimum atomic E-state index is -1.66. The molecule has 0 spiro atoms. The number of rotatable bonds is 9. The highest BCUT2D eigenvalue weighted by molar-refractivity contribution is 6.94. The van der Waals surface area contributed by atoms with E-state index in [1.165, 1.54) is 55.8 Å². The minimum absolute atomic E-state index is 0.611. The standard InChI is InChI=1S/C32H49N5Si/c1-23(2)38(24(3)4,25(5)6)27-17-16-26(33-20-27)21-36-18-10-14-30(36)31-15-11-19-37(31)22-32-34-28-12-8-9-13-29(28)35(32)7/h8-9,12-13,16-17,20,23-25,30-31H,10-11,14-15,18-19,21-22H2,1-7H3. The molecule has 0 radical (unpaired) electrons. The maximum atomic E-state index is 5.11. The summed E-state index contributed by atoms with van der Waals surface area (Å²) in [4.78, 5) is 15.5. The van der Waals surface area contributed by atoms with Crippen molar-refractivity contribution in [3.05, 3.63) is 54.1 Å².